The third kappa shape index (κ3) is 3.82. The van der Waals surface area contributed by atoms with E-state index in [9.17, 15) is 22.8 Å². The lowest BCUT2D eigenvalue weighted by atomic mass is 10.2. The van der Waals surface area contributed by atoms with Crippen LogP contribution >= 0.6 is 0 Å². The van der Waals surface area contributed by atoms with Gasteiger partial charge in [0.15, 0.2) is 0 Å². The highest BCUT2D eigenvalue weighted by atomic mass is 19.4. The minimum atomic E-state index is -5.08. The lowest BCUT2D eigenvalue weighted by Gasteiger charge is -2.09. The molecule has 130 valence electrons. The molecule has 7 nitrogen and oxygen atoms in total. The number of halogens is 3. The average Bonchev–Trinajstić information content (AvgIpc) is 3.13. The number of carboxylic acids is 1. The van der Waals surface area contributed by atoms with Crippen molar-refractivity contribution in [3.05, 3.63) is 34.7 Å². The Balaban J connectivity index is 0.000000256. The van der Waals surface area contributed by atoms with Crippen LogP contribution in [0.4, 0.5) is 13.2 Å². The lowest BCUT2D eigenvalue weighted by molar-refractivity contribution is -0.192. The number of alkyl halides is 3. The molecule has 0 bridgehead atoms. The van der Waals surface area contributed by atoms with E-state index in [0.29, 0.717) is 11.0 Å². The first-order chi connectivity index (χ1) is 11.2. The van der Waals surface area contributed by atoms with E-state index in [1.165, 1.54) is 4.57 Å². The maximum absolute atomic E-state index is 12.2. The van der Waals surface area contributed by atoms with E-state index in [-0.39, 0.29) is 17.6 Å². The third-order valence-corrected chi connectivity index (χ3v) is 3.41. The van der Waals surface area contributed by atoms with Crippen LogP contribution in [0.1, 0.15) is 17.6 Å². The zero-order valence-corrected chi connectivity index (χ0v) is 12.3. The Morgan fingerprint density at radius 3 is 2.42 bits per heavy atom. The van der Waals surface area contributed by atoms with Gasteiger partial charge in [0.25, 0.3) is 5.91 Å². The molecule has 0 spiro atoms. The van der Waals surface area contributed by atoms with Crippen LogP contribution in [0.25, 0.3) is 11.0 Å². The van der Waals surface area contributed by atoms with Crippen LogP contribution in [0, 0.1) is 0 Å². The molecule has 1 fully saturated rings. The monoisotopic (exact) mass is 345 g/mol. The predicted octanol–water partition coefficient (Wildman–Crippen LogP) is 1.36. The number of nitrogens with zero attached hydrogens (tertiary/aromatic N) is 1. The highest BCUT2D eigenvalue weighted by Crippen LogP contribution is 2.13. The fourth-order valence-electron chi connectivity index (χ4n) is 2.32. The molecule has 0 amide bonds. The first kappa shape index (κ1) is 17.7. The molecule has 1 aliphatic rings. The Hall–Kier alpha value is -2.62. The molecule has 1 aromatic heterocycles. The van der Waals surface area contributed by atoms with Gasteiger partial charge in [-0.2, -0.15) is 13.2 Å². The van der Waals surface area contributed by atoms with Crippen LogP contribution in [0.15, 0.2) is 29.1 Å². The minimum absolute atomic E-state index is 0.162. The SMILES string of the molecule is O=C(C1CCCN1)n1c(=O)[nH]c2ccccc21.O=C(O)C(F)(F)F. The second kappa shape index (κ2) is 6.87. The number of fused-ring (bicyclic) bond motifs is 1. The highest BCUT2D eigenvalue weighted by Gasteiger charge is 2.38. The van der Waals surface area contributed by atoms with Crippen LogP contribution in [0.2, 0.25) is 0 Å². The largest absolute Gasteiger partial charge is 0.490 e. The molecule has 2 heterocycles. The number of H-pyrrole nitrogens is 1. The molecule has 1 unspecified atom stereocenters. The van der Waals surface area contributed by atoms with E-state index in [1.807, 2.05) is 12.1 Å². The molecule has 1 saturated heterocycles. The second-order valence-corrected chi connectivity index (χ2v) is 5.07. The summed E-state index contributed by atoms with van der Waals surface area (Å²) < 4.78 is 33.0. The van der Waals surface area contributed by atoms with Gasteiger partial charge in [-0.25, -0.2) is 14.2 Å². The van der Waals surface area contributed by atoms with Crippen molar-refractivity contribution in [2.75, 3.05) is 6.54 Å². The fourth-order valence-corrected chi connectivity index (χ4v) is 2.32. The number of aromatic amines is 1. The number of benzene rings is 1. The third-order valence-electron chi connectivity index (χ3n) is 3.41. The summed E-state index contributed by atoms with van der Waals surface area (Å²) in [5, 5.41) is 10.2. The van der Waals surface area contributed by atoms with Crippen LogP contribution in [-0.2, 0) is 4.79 Å². The van der Waals surface area contributed by atoms with E-state index >= 15 is 0 Å². The van der Waals surface area contributed by atoms with Crippen LogP contribution < -0.4 is 11.0 Å². The zero-order chi connectivity index (χ0) is 17.9. The highest BCUT2D eigenvalue weighted by molar-refractivity contribution is 5.93. The van der Waals surface area contributed by atoms with E-state index in [1.54, 1.807) is 12.1 Å². The summed E-state index contributed by atoms with van der Waals surface area (Å²) in [6.45, 7) is 0.841. The summed E-state index contributed by atoms with van der Waals surface area (Å²) >= 11 is 0. The Labute approximate surface area is 133 Å². The number of hydrogen-bond acceptors (Lipinski definition) is 4. The number of hydrogen-bond donors (Lipinski definition) is 3. The summed E-state index contributed by atoms with van der Waals surface area (Å²) in [6.07, 6.45) is -3.31. The predicted molar refractivity (Wildman–Crippen MR) is 77.9 cm³/mol. The fraction of sp³-hybridized carbons (Fsp3) is 0.357. The molecule has 3 N–H and O–H groups in total. The molecule has 2 aromatic rings. The number of aliphatic carboxylic acids is 1. The van der Waals surface area contributed by atoms with Gasteiger partial charge in [0.05, 0.1) is 17.1 Å². The molecule has 1 atom stereocenters. The molecule has 10 heteroatoms. The standard InChI is InChI=1S/C12H13N3O2.C2HF3O2/c16-11(9-5-3-7-13-9)15-10-6-2-1-4-8(10)14-12(15)17;3-2(4,5)1(6)7/h1-2,4,6,9,13H,3,5,7H2,(H,14,17);(H,6,7). The molecule has 3 rings (SSSR count). The van der Waals surface area contributed by atoms with Gasteiger partial charge in [-0.1, -0.05) is 12.1 Å². The van der Waals surface area contributed by atoms with Crippen molar-refractivity contribution in [1.29, 1.82) is 0 Å². The summed E-state index contributed by atoms with van der Waals surface area (Å²) in [4.78, 5) is 35.6. The molecule has 24 heavy (non-hydrogen) atoms. The summed E-state index contributed by atoms with van der Waals surface area (Å²) in [5.41, 5.74) is 0.991. The van der Waals surface area contributed by atoms with E-state index in [4.69, 9.17) is 9.90 Å². The molecule has 0 aliphatic carbocycles. The average molecular weight is 345 g/mol. The van der Waals surface area contributed by atoms with Crippen LogP contribution in [0.5, 0.6) is 0 Å². The van der Waals surface area contributed by atoms with Gasteiger partial charge in [-0.05, 0) is 31.5 Å². The smallest absolute Gasteiger partial charge is 0.475 e. The maximum Gasteiger partial charge on any atom is 0.490 e. The number of rotatable bonds is 1. The number of carbonyl (C=O) groups excluding carboxylic acids is 1. The van der Waals surface area contributed by atoms with Gasteiger partial charge in [-0.15, -0.1) is 0 Å². The second-order valence-electron chi connectivity index (χ2n) is 5.07. The summed E-state index contributed by atoms with van der Waals surface area (Å²) in [6, 6.07) is 7.00. The van der Waals surface area contributed by atoms with Crippen LogP contribution in [0.3, 0.4) is 0 Å². The zero-order valence-electron chi connectivity index (χ0n) is 12.3. The van der Waals surface area contributed by atoms with Crippen molar-refractivity contribution in [3.8, 4) is 0 Å². The normalized spacial score (nSPS) is 17.4. The van der Waals surface area contributed by atoms with Gasteiger partial charge >= 0.3 is 17.8 Å². The van der Waals surface area contributed by atoms with E-state index in [2.05, 4.69) is 10.3 Å². The van der Waals surface area contributed by atoms with Crippen molar-refractivity contribution < 1.29 is 27.9 Å². The lowest BCUT2D eigenvalue weighted by Crippen LogP contribution is -2.39. The number of carboxylic acid groups (broad SMARTS) is 1. The minimum Gasteiger partial charge on any atom is -0.475 e. The molecular formula is C14H14F3N3O4. The Morgan fingerprint density at radius 2 is 1.88 bits per heavy atom. The number of aromatic nitrogens is 2. The van der Waals surface area contributed by atoms with Crippen molar-refractivity contribution in [2.45, 2.75) is 25.1 Å². The molecule has 0 saturated carbocycles. The molecular weight excluding hydrogens is 331 g/mol. The maximum atomic E-state index is 12.2. The summed E-state index contributed by atoms with van der Waals surface area (Å²) in [7, 11) is 0. The topological polar surface area (TPSA) is 104 Å². The Morgan fingerprint density at radius 1 is 1.25 bits per heavy atom. The van der Waals surface area contributed by atoms with Gasteiger partial charge in [-0.3, -0.25) is 4.79 Å². The van der Waals surface area contributed by atoms with Crippen molar-refractivity contribution in [3.63, 3.8) is 0 Å². The van der Waals surface area contributed by atoms with Gasteiger partial charge < -0.3 is 15.4 Å². The molecule has 0 radical (unpaired) electrons. The van der Waals surface area contributed by atoms with Gasteiger partial charge in [0.1, 0.15) is 0 Å². The molecule has 1 aliphatic heterocycles. The molecule has 1 aromatic carbocycles. The first-order valence-electron chi connectivity index (χ1n) is 6.99. The van der Waals surface area contributed by atoms with Gasteiger partial charge in [0.2, 0.25) is 0 Å². The van der Waals surface area contributed by atoms with Crippen LogP contribution in [-0.4, -0.2) is 45.3 Å². The first-order valence-corrected chi connectivity index (χ1v) is 6.99. The van der Waals surface area contributed by atoms with E-state index < -0.39 is 12.1 Å². The van der Waals surface area contributed by atoms with Crippen molar-refractivity contribution in [1.82, 2.24) is 14.9 Å². The van der Waals surface area contributed by atoms with Crippen molar-refractivity contribution >= 4 is 22.9 Å². The van der Waals surface area contributed by atoms with Gasteiger partial charge in [0, 0.05) is 0 Å². The van der Waals surface area contributed by atoms with E-state index in [0.717, 1.165) is 19.4 Å². The quantitative estimate of drug-likeness (QED) is 0.724. The van der Waals surface area contributed by atoms with Crippen molar-refractivity contribution in [2.24, 2.45) is 0 Å². The number of nitrogens with one attached hydrogen (secondary N) is 2. The number of para-hydroxylation sites is 2. The number of carbonyl (C=O) groups is 2. The summed E-state index contributed by atoms with van der Waals surface area (Å²) in [5.74, 6) is -2.92. The number of imidazole rings is 1. The Kier molecular flexibility index (Phi) is 5.07. The Bertz CT molecular complexity index is 803.